The first kappa shape index (κ1) is 8.01. The Labute approximate surface area is 71.6 Å². The third kappa shape index (κ3) is 1.11. The molecule has 68 valence electrons. The second-order valence-electron chi connectivity index (χ2n) is 3.58. The number of hydrogen-bond donors (Lipinski definition) is 1. The lowest BCUT2D eigenvalue weighted by atomic mass is 10.1. The summed E-state index contributed by atoms with van der Waals surface area (Å²) in [6, 6.07) is 0. The number of carbonyl (C=O) groups is 1. The van der Waals surface area contributed by atoms with Crippen LogP contribution in [0.25, 0.3) is 0 Å². The molecule has 2 N–H and O–H groups in total. The van der Waals surface area contributed by atoms with Gasteiger partial charge < -0.3 is 5.73 Å². The summed E-state index contributed by atoms with van der Waals surface area (Å²) in [4.78, 5) is 16.9. The van der Waals surface area contributed by atoms with E-state index in [0.717, 1.165) is 25.8 Å². The molecule has 2 aliphatic rings. The molecule has 0 aromatic heterocycles. The first-order chi connectivity index (χ1) is 5.78. The molecule has 1 amide bonds. The molecule has 4 nitrogen and oxygen atoms in total. The standard InChI is InChI=1S/C8H14N2O2/c9-6-8(2-3-8)7(11)10-4-1-5-12-10/h1-6,9H2. The second-order valence-corrected chi connectivity index (χ2v) is 3.58. The van der Waals surface area contributed by atoms with Crippen LogP contribution in [0.1, 0.15) is 19.3 Å². The van der Waals surface area contributed by atoms with Crippen molar-refractivity contribution in [1.82, 2.24) is 5.06 Å². The van der Waals surface area contributed by atoms with Crippen molar-refractivity contribution >= 4 is 5.91 Å². The van der Waals surface area contributed by atoms with Gasteiger partial charge in [-0.1, -0.05) is 0 Å². The Morgan fingerprint density at radius 1 is 1.58 bits per heavy atom. The van der Waals surface area contributed by atoms with Gasteiger partial charge in [0, 0.05) is 6.54 Å². The molecule has 0 aromatic carbocycles. The van der Waals surface area contributed by atoms with Crippen molar-refractivity contribution < 1.29 is 9.63 Å². The fourth-order valence-corrected chi connectivity index (χ4v) is 1.53. The molecule has 4 heteroatoms. The third-order valence-electron chi connectivity index (χ3n) is 2.68. The van der Waals surface area contributed by atoms with E-state index in [9.17, 15) is 4.79 Å². The Hall–Kier alpha value is -0.610. The fraction of sp³-hybridized carbons (Fsp3) is 0.875. The Morgan fingerprint density at radius 3 is 2.75 bits per heavy atom. The number of hydroxylamine groups is 2. The minimum Gasteiger partial charge on any atom is -0.329 e. The van der Waals surface area contributed by atoms with Crippen molar-refractivity contribution in [2.45, 2.75) is 19.3 Å². The van der Waals surface area contributed by atoms with E-state index in [-0.39, 0.29) is 11.3 Å². The van der Waals surface area contributed by atoms with Gasteiger partial charge in [-0.05, 0) is 19.3 Å². The lowest BCUT2D eigenvalue weighted by Gasteiger charge is -2.19. The van der Waals surface area contributed by atoms with E-state index in [1.54, 1.807) is 0 Å². The second kappa shape index (κ2) is 2.71. The molecule has 1 saturated heterocycles. The molecule has 1 heterocycles. The first-order valence-corrected chi connectivity index (χ1v) is 4.43. The van der Waals surface area contributed by atoms with E-state index in [0.29, 0.717) is 13.2 Å². The summed E-state index contributed by atoms with van der Waals surface area (Å²) in [6.45, 7) is 1.87. The summed E-state index contributed by atoms with van der Waals surface area (Å²) >= 11 is 0. The van der Waals surface area contributed by atoms with Gasteiger partial charge in [-0.25, -0.2) is 5.06 Å². The summed E-state index contributed by atoms with van der Waals surface area (Å²) in [5.74, 6) is 0.0995. The molecule has 0 bridgehead atoms. The minimum atomic E-state index is -0.246. The maximum atomic E-state index is 11.7. The Bertz CT molecular complexity index is 195. The van der Waals surface area contributed by atoms with Crippen molar-refractivity contribution in [2.75, 3.05) is 19.7 Å². The lowest BCUT2D eigenvalue weighted by molar-refractivity contribution is -0.174. The van der Waals surface area contributed by atoms with Gasteiger partial charge in [0.25, 0.3) is 5.91 Å². The molecule has 1 saturated carbocycles. The maximum Gasteiger partial charge on any atom is 0.253 e. The van der Waals surface area contributed by atoms with Gasteiger partial charge in [-0.2, -0.15) is 0 Å². The lowest BCUT2D eigenvalue weighted by Crippen LogP contribution is -2.38. The Morgan fingerprint density at radius 2 is 2.33 bits per heavy atom. The molecular formula is C8H14N2O2. The van der Waals surface area contributed by atoms with E-state index >= 15 is 0 Å². The van der Waals surface area contributed by atoms with Crippen molar-refractivity contribution in [3.63, 3.8) is 0 Å². The van der Waals surface area contributed by atoms with Crippen LogP contribution in [0.4, 0.5) is 0 Å². The molecule has 0 radical (unpaired) electrons. The van der Waals surface area contributed by atoms with E-state index in [1.807, 2.05) is 0 Å². The average molecular weight is 170 g/mol. The number of carbonyl (C=O) groups excluding carboxylic acids is 1. The summed E-state index contributed by atoms with van der Waals surface area (Å²) in [5.41, 5.74) is 5.29. The molecular weight excluding hydrogens is 156 g/mol. The van der Waals surface area contributed by atoms with Crippen LogP contribution in [-0.4, -0.2) is 30.7 Å². The van der Waals surface area contributed by atoms with Crippen molar-refractivity contribution in [1.29, 1.82) is 0 Å². The predicted molar refractivity (Wildman–Crippen MR) is 43.0 cm³/mol. The number of amides is 1. The highest BCUT2D eigenvalue weighted by molar-refractivity contribution is 5.84. The smallest absolute Gasteiger partial charge is 0.253 e. The highest BCUT2D eigenvalue weighted by Crippen LogP contribution is 2.46. The molecule has 0 unspecified atom stereocenters. The van der Waals surface area contributed by atoms with Crippen LogP contribution in [0.2, 0.25) is 0 Å². The molecule has 0 spiro atoms. The molecule has 12 heavy (non-hydrogen) atoms. The average Bonchev–Trinajstić information content (AvgIpc) is 2.71. The summed E-state index contributed by atoms with van der Waals surface area (Å²) in [6.07, 6.45) is 2.82. The number of hydrogen-bond acceptors (Lipinski definition) is 3. The number of nitrogens with zero attached hydrogens (tertiary/aromatic N) is 1. The van der Waals surface area contributed by atoms with Crippen LogP contribution in [0.15, 0.2) is 0 Å². The zero-order valence-corrected chi connectivity index (χ0v) is 7.08. The molecule has 2 fully saturated rings. The zero-order valence-electron chi connectivity index (χ0n) is 7.08. The van der Waals surface area contributed by atoms with Crippen molar-refractivity contribution in [2.24, 2.45) is 11.1 Å². The topological polar surface area (TPSA) is 55.6 Å². The van der Waals surface area contributed by atoms with Gasteiger partial charge >= 0.3 is 0 Å². The van der Waals surface area contributed by atoms with Gasteiger partial charge in [-0.15, -0.1) is 0 Å². The van der Waals surface area contributed by atoms with E-state index in [2.05, 4.69) is 0 Å². The predicted octanol–water partition coefficient (Wildman–Crippen LogP) is -0.111. The quantitative estimate of drug-likeness (QED) is 0.629. The van der Waals surface area contributed by atoms with E-state index < -0.39 is 0 Å². The fourth-order valence-electron chi connectivity index (χ4n) is 1.53. The molecule has 1 aliphatic carbocycles. The summed E-state index contributed by atoms with van der Waals surface area (Å²) in [5, 5.41) is 1.49. The van der Waals surface area contributed by atoms with Gasteiger partial charge in [0.15, 0.2) is 0 Å². The minimum absolute atomic E-state index is 0.0995. The van der Waals surface area contributed by atoms with Crippen LogP contribution in [-0.2, 0) is 9.63 Å². The monoisotopic (exact) mass is 170 g/mol. The first-order valence-electron chi connectivity index (χ1n) is 4.43. The molecule has 1 aliphatic heterocycles. The third-order valence-corrected chi connectivity index (χ3v) is 2.68. The van der Waals surface area contributed by atoms with Crippen LogP contribution >= 0.6 is 0 Å². The van der Waals surface area contributed by atoms with Crippen LogP contribution in [0.5, 0.6) is 0 Å². The normalized spacial score (nSPS) is 25.9. The van der Waals surface area contributed by atoms with Gasteiger partial charge in [-0.3, -0.25) is 9.63 Å². The maximum absolute atomic E-state index is 11.7. The van der Waals surface area contributed by atoms with Gasteiger partial charge in [0.05, 0.1) is 18.6 Å². The Balaban J connectivity index is 1.99. The molecule has 2 rings (SSSR count). The summed E-state index contributed by atoms with van der Waals surface area (Å²) < 4.78 is 0. The van der Waals surface area contributed by atoms with Gasteiger partial charge in [0.1, 0.15) is 0 Å². The largest absolute Gasteiger partial charge is 0.329 e. The SMILES string of the molecule is NCC1(C(=O)N2CCCO2)CC1. The van der Waals surface area contributed by atoms with Crippen molar-refractivity contribution in [3.8, 4) is 0 Å². The van der Waals surface area contributed by atoms with Crippen LogP contribution < -0.4 is 5.73 Å². The van der Waals surface area contributed by atoms with Crippen LogP contribution in [0, 0.1) is 5.41 Å². The van der Waals surface area contributed by atoms with Crippen molar-refractivity contribution in [3.05, 3.63) is 0 Å². The van der Waals surface area contributed by atoms with E-state index in [1.165, 1.54) is 5.06 Å². The number of nitrogens with two attached hydrogens (primary N) is 1. The number of rotatable bonds is 2. The zero-order chi connectivity index (χ0) is 8.60. The Kier molecular flexibility index (Phi) is 1.81. The molecule has 0 atom stereocenters. The highest BCUT2D eigenvalue weighted by atomic mass is 16.7. The van der Waals surface area contributed by atoms with E-state index in [4.69, 9.17) is 10.6 Å². The molecule has 0 aromatic rings. The van der Waals surface area contributed by atoms with Gasteiger partial charge in [0.2, 0.25) is 0 Å². The highest BCUT2D eigenvalue weighted by Gasteiger charge is 2.51. The summed E-state index contributed by atoms with van der Waals surface area (Å²) in [7, 11) is 0. The van der Waals surface area contributed by atoms with Crippen LogP contribution in [0.3, 0.4) is 0 Å².